The van der Waals surface area contributed by atoms with Gasteiger partial charge in [-0.25, -0.2) is 4.79 Å². The van der Waals surface area contributed by atoms with E-state index in [4.69, 9.17) is 30.2 Å². The van der Waals surface area contributed by atoms with E-state index in [1.165, 1.54) is 7.11 Å². The normalized spacial score (nSPS) is 12.3. The topological polar surface area (TPSA) is 93.8 Å². The second-order valence-corrected chi connectivity index (χ2v) is 16.9. The van der Waals surface area contributed by atoms with E-state index in [1.807, 2.05) is 30.5 Å². The SMILES string of the molecule is COCCOCCn1nc(C)c(-c2c(Cl)ccc3c2c(C)c(C(=O)OC)n3CCCO[Si](C)(C)C(C)(C)C)c1C=O. The number of hydrogen-bond acceptors (Lipinski definition) is 7. The molecule has 0 radical (unpaired) electrons. The summed E-state index contributed by atoms with van der Waals surface area (Å²) in [7, 11) is 1.10. The van der Waals surface area contributed by atoms with E-state index in [0.717, 1.165) is 29.2 Å². The Kier molecular flexibility index (Phi) is 11.0. The Morgan fingerprint density at radius 3 is 2.37 bits per heavy atom. The summed E-state index contributed by atoms with van der Waals surface area (Å²) in [5.74, 6) is -0.428. The fourth-order valence-electron chi connectivity index (χ4n) is 4.81. The molecule has 3 rings (SSSR count). The first-order valence-electron chi connectivity index (χ1n) is 13.9. The third kappa shape index (κ3) is 6.94. The summed E-state index contributed by atoms with van der Waals surface area (Å²) in [5.41, 5.74) is 4.42. The van der Waals surface area contributed by atoms with Gasteiger partial charge in [0.1, 0.15) is 11.4 Å². The number of ether oxygens (including phenoxy) is 3. The molecule has 41 heavy (non-hydrogen) atoms. The molecule has 2 heterocycles. The van der Waals surface area contributed by atoms with Crippen LogP contribution >= 0.6 is 11.6 Å². The van der Waals surface area contributed by atoms with Crippen LogP contribution < -0.4 is 0 Å². The van der Waals surface area contributed by atoms with E-state index < -0.39 is 14.3 Å². The Hall–Kier alpha value is -2.50. The summed E-state index contributed by atoms with van der Waals surface area (Å²) in [4.78, 5) is 25.5. The van der Waals surface area contributed by atoms with Crippen LogP contribution in [0.4, 0.5) is 0 Å². The molecule has 0 amide bonds. The molecule has 226 valence electrons. The van der Waals surface area contributed by atoms with Crippen LogP contribution in [0.1, 0.15) is 59.4 Å². The number of halogens is 1. The van der Waals surface area contributed by atoms with Gasteiger partial charge in [-0.15, -0.1) is 0 Å². The quantitative estimate of drug-likeness (QED) is 0.0902. The Bertz CT molecular complexity index is 1390. The summed E-state index contributed by atoms with van der Waals surface area (Å²) in [6.07, 6.45) is 1.52. The summed E-state index contributed by atoms with van der Waals surface area (Å²) in [5, 5.41) is 6.02. The lowest BCUT2D eigenvalue weighted by Crippen LogP contribution is -2.41. The molecule has 0 aliphatic carbocycles. The van der Waals surface area contributed by atoms with Crippen LogP contribution in [0.25, 0.3) is 22.0 Å². The minimum absolute atomic E-state index is 0.112. The molecule has 11 heteroatoms. The Labute approximate surface area is 249 Å². The molecule has 0 fully saturated rings. The van der Waals surface area contributed by atoms with Gasteiger partial charge in [-0.05, 0) is 56.1 Å². The number of esters is 1. The summed E-state index contributed by atoms with van der Waals surface area (Å²) >= 11 is 6.84. The Morgan fingerprint density at radius 2 is 1.76 bits per heavy atom. The number of carbonyl (C=O) groups excluding carboxylic acids is 2. The molecule has 0 unspecified atom stereocenters. The van der Waals surface area contributed by atoms with Crippen LogP contribution in [0, 0.1) is 13.8 Å². The lowest BCUT2D eigenvalue weighted by Gasteiger charge is -2.36. The average molecular weight is 606 g/mol. The second-order valence-electron chi connectivity index (χ2n) is 11.7. The van der Waals surface area contributed by atoms with Crippen LogP contribution in [0.15, 0.2) is 12.1 Å². The zero-order valence-corrected chi connectivity index (χ0v) is 27.6. The average Bonchev–Trinajstić information content (AvgIpc) is 3.37. The van der Waals surface area contributed by atoms with E-state index >= 15 is 0 Å². The molecule has 1 aromatic carbocycles. The molecule has 9 nitrogen and oxygen atoms in total. The Morgan fingerprint density at radius 1 is 1.05 bits per heavy atom. The van der Waals surface area contributed by atoms with Crippen LogP contribution in [0.2, 0.25) is 23.2 Å². The van der Waals surface area contributed by atoms with Crippen molar-refractivity contribution >= 4 is 43.1 Å². The molecule has 0 N–H and O–H groups in total. The molecule has 3 aromatic rings. The zero-order valence-electron chi connectivity index (χ0n) is 25.9. The first-order valence-corrected chi connectivity index (χ1v) is 17.2. The highest BCUT2D eigenvalue weighted by molar-refractivity contribution is 6.74. The summed E-state index contributed by atoms with van der Waals surface area (Å²) < 4.78 is 25.8. The number of methoxy groups -OCH3 is 2. The van der Waals surface area contributed by atoms with Crippen LogP contribution in [0.3, 0.4) is 0 Å². The van der Waals surface area contributed by atoms with Gasteiger partial charge in [0, 0.05) is 47.3 Å². The van der Waals surface area contributed by atoms with Crippen molar-refractivity contribution in [2.75, 3.05) is 40.6 Å². The maximum atomic E-state index is 13.1. The van der Waals surface area contributed by atoms with Crippen molar-refractivity contribution in [3.8, 4) is 11.1 Å². The molecule has 0 atom stereocenters. The largest absolute Gasteiger partial charge is 0.464 e. The second kappa shape index (κ2) is 13.6. The van der Waals surface area contributed by atoms with Gasteiger partial charge in [-0.3, -0.25) is 9.48 Å². The van der Waals surface area contributed by atoms with Gasteiger partial charge in [-0.2, -0.15) is 5.10 Å². The highest BCUT2D eigenvalue weighted by Crippen LogP contribution is 2.42. The monoisotopic (exact) mass is 605 g/mol. The number of aryl methyl sites for hydroxylation is 3. The molecule has 0 aliphatic heterocycles. The van der Waals surface area contributed by atoms with E-state index in [1.54, 1.807) is 11.8 Å². The minimum Gasteiger partial charge on any atom is -0.464 e. The zero-order chi connectivity index (χ0) is 30.5. The van der Waals surface area contributed by atoms with Gasteiger partial charge < -0.3 is 23.2 Å². The number of nitrogens with zero attached hydrogens (tertiary/aromatic N) is 3. The summed E-state index contributed by atoms with van der Waals surface area (Å²) in [6.45, 7) is 17.7. The third-order valence-electron chi connectivity index (χ3n) is 8.00. The highest BCUT2D eigenvalue weighted by atomic mass is 35.5. The van der Waals surface area contributed by atoms with Gasteiger partial charge >= 0.3 is 5.97 Å². The highest BCUT2D eigenvalue weighted by Gasteiger charge is 2.37. The lowest BCUT2D eigenvalue weighted by molar-refractivity contribution is 0.0587. The van der Waals surface area contributed by atoms with E-state index in [-0.39, 0.29) is 5.04 Å². The van der Waals surface area contributed by atoms with Crippen molar-refractivity contribution in [1.29, 1.82) is 0 Å². The molecule has 2 aromatic heterocycles. The maximum Gasteiger partial charge on any atom is 0.354 e. The van der Waals surface area contributed by atoms with Crippen molar-refractivity contribution in [2.45, 2.75) is 72.3 Å². The van der Waals surface area contributed by atoms with Crippen LogP contribution in [-0.2, 0) is 31.7 Å². The molecular weight excluding hydrogens is 562 g/mol. The molecule has 0 saturated carbocycles. The molecule has 0 saturated heterocycles. The predicted molar refractivity (Wildman–Crippen MR) is 165 cm³/mol. The molecule has 0 bridgehead atoms. The number of carbonyl (C=O) groups is 2. The fourth-order valence-corrected chi connectivity index (χ4v) is 6.15. The number of benzene rings is 1. The number of fused-ring (bicyclic) bond motifs is 1. The van der Waals surface area contributed by atoms with Crippen LogP contribution in [0.5, 0.6) is 0 Å². The van der Waals surface area contributed by atoms with Crippen LogP contribution in [-0.4, -0.2) is 75.6 Å². The van der Waals surface area contributed by atoms with E-state index in [9.17, 15) is 9.59 Å². The van der Waals surface area contributed by atoms with Crippen molar-refractivity contribution < 1.29 is 28.2 Å². The smallest absolute Gasteiger partial charge is 0.354 e. The number of aromatic nitrogens is 3. The Balaban J connectivity index is 2.08. The number of aldehydes is 1. The number of hydrogen-bond donors (Lipinski definition) is 0. The van der Waals surface area contributed by atoms with Crippen molar-refractivity contribution in [3.63, 3.8) is 0 Å². The first-order chi connectivity index (χ1) is 19.3. The van der Waals surface area contributed by atoms with Gasteiger partial charge in [0.15, 0.2) is 14.6 Å². The maximum absolute atomic E-state index is 13.1. The molecule has 0 spiro atoms. The molecular formula is C30H44ClN3O6Si. The third-order valence-corrected chi connectivity index (χ3v) is 12.9. The lowest BCUT2D eigenvalue weighted by atomic mass is 9.97. The van der Waals surface area contributed by atoms with Crippen molar-refractivity contribution in [3.05, 3.63) is 39.8 Å². The van der Waals surface area contributed by atoms with Gasteiger partial charge in [0.05, 0.1) is 39.2 Å². The van der Waals surface area contributed by atoms with E-state index in [2.05, 4.69) is 39.0 Å². The van der Waals surface area contributed by atoms with Crippen molar-refractivity contribution in [1.82, 2.24) is 14.3 Å². The first kappa shape index (κ1) is 33.0. The fraction of sp³-hybridized carbons (Fsp3) is 0.567. The molecule has 0 aliphatic rings. The van der Waals surface area contributed by atoms with Crippen molar-refractivity contribution in [2.24, 2.45) is 0 Å². The number of rotatable bonds is 14. The van der Waals surface area contributed by atoms with E-state index in [0.29, 0.717) is 72.7 Å². The predicted octanol–water partition coefficient (Wildman–Crippen LogP) is 6.45. The minimum atomic E-state index is -1.90. The summed E-state index contributed by atoms with van der Waals surface area (Å²) in [6, 6.07) is 3.72. The van der Waals surface area contributed by atoms with Gasteiger partial charge in [0.2, 0.25) is 0 Å². The standard InChI is InChI=1S/C30H44ClN3O6Si/c1-20-25-23(33(28(20)29(36)38-7)13-10-15-40-41(8,9)30(3,4)5)12-11-22(31)27(25)26-21(2)32-34(24(26)19-35)14-16-39-18-17-37-6/h11-12,19H,10,13-18H2,1-9H3. The van der Waals surface area contributed by atoms with Gasteiger partial charge in [0.25, 0.3) is 0 Å². The van der Waals surface area contributed by atoms with Gasteiger partial charge in [-0.1, -0.05) is 32.4 Å².